The van der Waals surface area contributed by atoms with Gasteiger partial charge in [-0.2, -0.15) is 0 Å². The molecule has 3 aromatic rings. The second-order valence-electron chi connectivity index (χ2n) is 8.33. The molecule has 1 amide bonds. The summed E-state index contributed by atoms with van der Waals surface area (Å²) < 4.78 is 40.2. The topological polar surface area (TPSA) is 64.9 Å². The molecule has 0 aliphatic carbocycles. The summed E-state index contributed by atoms with van der Waals surface area (Å²) >= 11 is 0. The summed E-state index contributed by atoms with van der Waals surface area (Å²) in [6.45, 7) is 4.74. The Balaban J connectivity index is 1.74. The van der Waals surface area contributed by atoms with Crippen molar-refractivity contribution in [3.05, 3.63) is 64.6 Å². The van der Waals surface area contributed by atoms with Gasteiger partial charge in [0.05, 0.1) is 24.5 Å². The number of rotatable bonds is 5. The van der Waals surface area contributed by atoms with Crippen molar-refractivity contribution in [2.24, 2.45) is 0 Å². The molecule has 9 heteroatoms. The number of carbonyl (C=O) groups excluding carboxylic acids is 1. The quantitative estimate of drug-likeness (QED) is 0.637. The summed E-state index contributed by atoms with van der Waals surface area (Å²) in [6, 6.07) is 5.80. The lowest BCUT2D eigenvalue weighted by atomic mass is 9.68. The molecule has 1 N–H and O–H groups in total. The third-order valence-corrected chi connectivity index (χ3v) is 5.70. The van der Waals surface area contributed by atoms with E-state index in [0.29, 0.717) is 29.8 Å². The van der Waals surface area contributed by atoms with E-state index < -0.39 is 17.1 Å². The van der Waals surface area contributed by atoms with Crippen LogP contribution in [0.2, 0.25) is 0 Å². The van der Waals surface area contributed by atoms with Crippen LogP contribution in [0.15, 0.2) is 30.5 Å². The van der Waals surface area contributed by atoms with Gasteiger partial charge in [0.1, 0.15) is 19.2 Å². The highest BCUT2D eigenvalue weighted by Crippen LogP contribution is 2.36. The second-order valence-corrected chi connectivity index (χ2v) is 8.33. The molecule has 0 radical (unpaired) electrons. The first kappa shape index (κ1) is 21.3. The van der Waals surface area contributed by atoms with E-state index in [1.54, 1.807) is 21.0 Å². The van der Waals surface area contributed by atoms with E-state index >= 15 is 0 Å². The van der Waals surface area contributed by atoms with Crippen LogP contribution in [0.1, 0.15) is 53.5 Å². The van der Waals surface area contributed by atoms with Crippen LogP contribution in [0.5, 0.6) is 5.75 Å². The number of methoxy groups -OCH3 is 1. The molecule has 1 aromatic carbocycles. The summed E-state index contributed by atoms with van der Waals surface area (Å²) in [5.74, 6) is -1.87. The van der Waals surface area contributed by atoms with Crippen molar-refractivity contribution in [2.45, 2.75) is 38.2 Å². The smallest absolute Gasteiger partial charge is 0.255 e. The van der Waals surface area contributed by atoms with Crippen LogP contribution in [0.4, 0.5) is 8.78 Å². The van der Waals surface area contributed by atoms with Gasteiger partial charge in [-0.15, -0.1) is 0 Å². The Bertz CT molecular complexity index is 1160. The number of nitrogens with one attached hydrogen (secondary N) is 1. The monoisotopic (exact) mass is 427 g/mol. The van der Waals surface area contributed by atoms with E-state index in [1.807, 2.05) is 16.7 Å². The van der Waals surface area contributed by atoms with Crippen molar-refractivity contribution in [1.29, 1.82) is 0 Å². The third kappa shape index (κ3) is 3.78. The molecule has 2 aromatic heterocycles. The summed E-state index contributed by atoms with van der Waals surface area (Å²) in [7, 11) is 3.38. The average molecular weight is 427 g/mol. The van der Waals surface area contributed by atoms with Crippen LogP contribution in [0.25, 0.3) is 5.65 Å². The minimum absolute atomic E-state index is 0.210. The van der Waals surface area contributed by atoms with Crippen molar-refractivity contribution >= 4 is 19.4 Å². The molecule has 0 spiro atoms. The van der Waals surface area contributed by atoms with E-state index in [2.05, 4.69) is 24.1 Å². The van der Waals surface area contributed by atoms with Gasteiger partial charge in [-0.25, -0.2) is 13.8 Å². The van der Waals surface area contributed by atoms with E-state index in [-0.39, 0.29) is 24.2 Å². The number of ether oxygens (including phenoxy) is 2. The zero-order chi connectivity index (χ0) is 22.3. The molecule has 3 heterocycles. The Morgan fingerprint density at radius 1 is 1.35 bits per heavy atom. The van der Waals surface area contributed by atoms with E-state index in [0.717, 1.165) is 23.5 Å². The number of halogens is 2. The Morgan fingerprint density at radius 3 is 2.81 bits per heavy atom. The van der Waals surface area contributed by atoms with Crippen LogP contribution in [-0.4, -0.2) is 36.9 Å². The van der Waals surface area contributed by atoms with Gasteiger partial charge in [0.15, 0.2) is 11.6 Å². The number of fused-ring (bicyclic) bond motifs is 2. The average Bonchev–Trinajstić information content (AvgIpc) is 3.13. The van der Waals surface area contributed by atoms with E-state index in [9.17, 15) is 13.6 Å². The maximum Gasteiger partial charge on any atom is 0.255 e. The van der Waals surface area contributed by atoms with Gasteiger partial charge in [-0.1, -0.05) is 13.8 Å². The standard InChI is InChI=1S/C22H24BF2N3O3/c1-12(2)18-8-13(11-30-3)26-20-14(4-6-28(18)20)21(29)27-22(23)5-7-31-19-10-17(25)16(24)9-15(19)22/h4,6,8-10,12H,5,7,11,23H2,1-3H3,(H,27,29). The van der Waals surface area contributed by atoms with Gasteiger partial charge in [-0.3, -0.25) is 4.79 Å². The number of hydrogen-bond acceptors (Lipinski definition) is 4. The van der Waals surface area contributed by atoms with Gasteiger partial charge in [0, 0.05) is 42.5 Å². The molecule has 0 fully saturated rings. The summed E-state index contributed by atoms with van der Waals surface area (Å²) in [5, 5.41) is 3.00. The first-order valence-electron chi connectivity index (χ1n) is 10.2. The normalized spacial score (nSPS) is 18.1. The molecule has 162 valence electrons. The van der Waals surface area contributed by atoms with Crippen molar-refractivity contribution in [3.63, 3.8) is 0 Å². The molecule has 1 unspecified atom stereocenters. The van der Waals surface area contributed by atoms with E-state index in [4.69, 9.17) is 9.47 Å². The van der Waals surface area contributed by atoms with Crippen molar-refractivity contribution in [3.8, 4) is 5.75 Å². The molecule has 1 aliphatic heterocycles. The molecule has 1 aliphatic rings. The van der Waals surface area contributed by atoms with Crippen LogP contribution in [-0.2, 0) is 16.8 Å². The maximum absolute atomic E-state index is 13.9. The molecule has 0 saturated carbocycles. The first-order chi connectivity index (χ1) is 14.7. The van der Waals surface area contributed by atoms with Gasteiger partial charge in [0.2, 0.25) is 0 Å². The number of benzene rings is 1. The van der Waals surface area contributed by atoms with Crippen LogP contribution in [0.3, 0.4) is 0 Å². The Morgan fingerprint density at radius 2 is 2.10 bits per heavy atom. The largest absolute Gasteiger partial charge is 0.493 e. The molecular formula is C22H24BF2N3O3. The van der Waals surface area contributed by atoms with E-state index in [1.165, 1.54) is 0 Å². The lowest BCUT2D eigenvalue weighted by Gasteiger charge is -2.36. The second kappa shape index (κ2) is 7.96. The SMILES string of the molecule is BC1(NC(=O)c2ccn3c(C(C)C)cc(COC)nc23)CCOc2cc(F)c(F)cc21. The fourth-order valence-corrected chi connectivity index (χ4v) is 4.03. The molecule has 1 atom stereocenters. The lowest BCUT2D eigenvalue weighted by molar-refractivity contribution is 0.0910. The molecular weight excluding hydrogens is 403 g/mol. The molecule has 31 heavy (non-hydrogen) atoms. The fraction of sp³-hybridized carbons (Fsp3) is 0.364. The van der Waals surface area contributed by atoms with Gasteiger partial charge in [0.25, 0.3) is 5.91 Å². The Hall–Kier alpha value is -2.94. The summed E-state index contributed by atoms with van der Waals surface area (Å²) in [6.07, 6.45) is 2.24. The molecule has 0 saturated heterocycles. The molecule has 6 nitrogen and oxygen atoms in total. The minimum Gasteiger partial charge on any atom is -0.493 e. The first-order valence-corrected chi connectivity index (χ1v) is 10.2. The number of amides is 1. The van der Waals surface area contributed by atoms with Gasteiger partial charge >= 0.3 is 0 Å². The molecule has 0 bridgehead atoms. The lowest BCUT2D eigenvalue weighted by Crippen LogP contribution is -2.49. The van der Waals surface area contributed by atoms with Crippen molar-refractivity contribution in [1.82, 2.24) is 14.7 Å². The summed E-state index contributed by atoms with van der Waals surface area (Å²) in [4.78, 5) is 17.9. The highest BCUT2D eigenvalue weighted by Gasteiger charge is 2.36. The third-order valence-electron chi connectivity index (χ3n) is 5.70. The zero-order valence-corrected chi connectivity index (χ0v) is 18.0. The van der Waals surface area contributed by atoms with Gasteiger partial charge in [-0.05, 0) is 24.1 Å². The predicted molar refractivity (Wildman–Crippen MR) is 114 cm³/mol. The predicted octanol–water partition coefficient (Wildman–Crippen LogP) is 2.88. The van der Waals surface area contributed by atoms with Gasteiger partial charge < -0.3 is 19.2 Å². The number of nitrogens with zero attached hydrogens (tertiary/aromatic N) is 2. The van der Waals surface area contributed by atoms with Crippen LogP contribution in [0, 0.1) is 11.6 Å². The highest BCUT2D eigenvalue weighted by atomic mass is 19.2. The Labute approximate surface area is 180 Å². The highest BCUT2D eigenvalue weighted by molar-refractivity contribution is 6.18. The van der Waals surface area contributed by atoms with Crippen LogP contribution >= 0.6 is 0 Å². The zero-order valence-electron chi connectivity index (χ0n) is 18.0. The number of hydrogen-bond donors (Lipinski definition) is 1. The molecule has 4 rings (SSSR count). The minimum atomic E-state index is -0.983. The number of aromatic nitrogens is 2. The van der Waals surface area contributed by atoms with Crippen molar-refractivity contribution < 1.29 is 23.0 Å². The number of carbonyl (C=O) groups is 1. The Kier molecular flexibility index (Phi) is 5.47. The summed E-state index contributed by atoms with van der Waals surface area (Å²) in [5.41, 5.74) is 2.15. The fourth-order valence-electron chi connectivity index (χ4n) is 4.03. The maximum atomic E-state index is 13.9. The van der Waals surface area contributed by atoms with Crippen LogP contribution < -0.4 is 10.1 Å². The van der Waals surface area contributed by atoms with Crippen molar-refractivity contribution in [2.75, 3.05) is 13.7 Å².